The number of carbonyl (C=O) groups excluding carboxylic acids is 1. The molecule has 0 radical (unpaired) electrons. The second-order valence-corrected chi connectivity index (χ2v) is 6.75. The SMILES string of the molecule is COc1cc2nc(C3CC3)n(NC(=O)c3ccccc3OC)c(=O)c2cc1OC. The lowest BCUT2D eigenvalue weighted by molar-refractivity contribution is 0.100. The van der Waals surface area contributed by atoms with Crippen LogP contribution in [-0.2, 0) is 0 Å². The number of fused-ring (bicyclic) bond motifs is 1. The maximum atomic E-state index is 13.3. The number of benzene rings is 2. The van der Waals surface area contributed by atoms with Crippen LogP contribution < -0.4 is 25.2 Å². The molecule has 150 valence electrons. The van der Waals surface area contributed by atoms with E-state index in [2.05, 4.69) is 10.4 Å². The van der Waals surface area contributed by atoms with Gasteiger partial charge in [0.05, 0.1) is 37.8 Å². The van der Waals surface area contributed by atoms with E-state index in [0.717, 1.165) is 12.8 Å². The van der Waals surface area contributed by atoms with Crippen molar-refractivity contribution in [3.8, 4) is 17.2 Å². The molecule has 0 saturated heterocycles. The van der Waals surface area contributed by atoms with Crippen molar-refractivity contribution in [1.29, 1.82) is 0 Å². The summed E-state index contributed by atoms with van der Waals surface area (Å²) in [5.74, 6) is 1.53. The maximum Gasteiger partial charge on any atom is 0.280 e. The van der Waals surface area contributed by atoms with E-state index in [0.29, 0.717) is 39.5 Å². The van der Waals surface area contributed by atoms with Crippen LogP contribution in [-0.4, -0.2) is 36.9 Å². The number of para-hydroxylation sites is 1. The Morgan fingerprint density at radius 3 is 2.34 bits per heavy atom. The zero-order valence-electron chi connectivity index (χ0n) is 16.4. The average molecular weight is 395 g/mol. The third-order valence-corrected chi connectivity index (χ3v) is 4.91. The largest absolute Gasteiger partial charge is 0.496 e. The standard InChI is InChI=1S/C21H21N3O5/c1-27-16-7-5-4-6-13(16)20(25)23-24-19(12-8-9-12)22-15-11-18(29-3)17(28-2)10-14(15)21(24)26/h4-7,10-12H,8-9H2,1-3H3,(H,23,25). The fraction of sp³-hybridized carbons (Fsp3) is 0.286. The number of ether oxygens (including phenoxy) is 3. The van der Waals surface area contributed by atoms with Crippen LogP contribution in [0.2, 0.25) is 0 Å². The topological polar surface area (TPSA) is 91.7 Å². The molecule has 1 aliphatic carbocycles. The summed E-state index contributed by atoms with van der Waals surface area (Å²) in [6.07, 6.45) is 1.82. The number of hydrogen-bond donors (Lipinski definition) is 1. The Labute approximate surface area is 167 Å². The van der Waals surface area contributed by atoms with Gasteiger partial charge in [0.25, 0.3) is 11.5 Å². The lowest BCUT2D eigenvalue weighted by Crippen LogP contribution is -2.36. The van der Waals surface area contributed by atoms with E-state index in [-0.39, 0.29) is 11.5 Å². The van der Waals surface area contributed by atoms with Crippen LogP contribution in [0.3, 0.4) is 0 Å². The molecule has 4 rings (SSSR count). The minimum atomic E-state index is -0.451. The molecular formula is C21H21N3O5. The Hall–Kier alpha value is -3.55. The van der Waals surface area contributed by atoms with Crippen LogP contribution in [0, 0.1) is 0 Å². The number of nitrogens with zero attached hydrogens (tertiary/aromatic N) is 2. The molecule has 1 N–H and O–H groups in total. The molecule has 8 heteroatoms. The third kappa shape index (κ3) is 3.37. The highest BCUT2D eigenvalue weighted by atomic mass is 16.5. The molecule has 0 aliphatic heterocycles. The van der Waals surface area contributed by atoms with Gasteiger partial charge in [-0.2, -0.15) is 0 Å². The van der Waals surface area contributed by atoms with Gasteiger partial charge in [-0.1, -0.05) is 12.1 Å². The van der Waals surface area contributed by atoms with Crippen LogP contribution in [0.1, 0.15) is 34.9 Å². The first-order valence-corrected chi connectivity index (χ1v) is 9.20. The number of aromatic nitrogens is 2. The summed E-state index contributed by atoms with van der Waals surface area (Å²) < 4.78 is 17.1. The molecule has 1 amide bonds. The zero-order chi connectivity index (χ0) is 20.5. The van der Waals surface area contributed by atoms with E-state index in [9.17, 15) is 9.59 Å². The fourth-order valence-corrected chi connectivity index (χ4v) is 3.25. The first-order valence-electron chi connectivity index (χ1n) is 9.20. The number of carbonyl (C=O) groups is 1. The highest BCUT2D eigenvalue weighted by Gasteiger charge is 2.31. The molecule has 1 aliphatic rings. The van der Waals surface area contributed by atoms with E-state index in [1.165, 1.54) is 26.0 Å². The summed E-state index contributed by atoms with van der Waals surface area (Å²) in [6.45, 7) is 0. The second-order valence-electron chi connectivity index (χ2n) is 6.75. The Kier molecular flexibility index (Phi) is 4.84. The molecule has 1 fully saturated rings. The van der Waals surface area contributed by atoms with Gasteiger partial charge in [0.2, 0.25) is 0 Å². The third-order valence-electron chi connectivity index (χ3n) is 4.91. The minimum Gasteiger partial charge on any atom is -0.496 e. The first kappa shape index (κ1) is 18.8. The van der Waals surface area contributed by atoms with Crippen LogP contribution in [0.4, 0.5) is 0 Å². The monoisotopic (exact) mass is 395 g/mol. The van der Waals surface area contributed by atoms with Gasteiger partial charge in [0.1, 0.15) is 11.6 Å². The highest BCUT2D eigenvalue weighted by molar-refractivity contribution is 6.02. The Morgan fingerprint density at radius 1 is 1.03 bits per heavy atom. The molecule has 29 heavy (non-hydrogen) atoms. The van der Waals surface area contributed by atoms with E-state index in [4.69, 9.17) is 14.2 Å². The van der Waals surface area contributed by atoms with Gasteiger partial charge in [0, 0.05) is 12.0 Å². The van der Waals surface area contributed by atoms with Crippen molar-refractivity contribution in [3.63, 3.8) is 0 Å². The summed E-state index contributed by atoms with van der Waals surface area (Å²) in [6, 6.07) is 10.1. The Balaban J connectivity index is 1.84. The van der Waals surface area contributed by atoms with Crippen LogP contribution >= 0.6 is 0 Å². The molecule has 0 bridgehead atoms. The van der Waals surface area contributed by atoms with Crippen LogP contribution in [0.5, 0.6) is 17.2 Å². The number of methoxy groups -OCH3 is 3. The van der Waals surface area contributed by atoms with Crippen molar-refractivity contribution in [3.05, 3.63) is 58.1 Å². The predicted molar refractivity (Wildman–Crippen MR) is 108 cm³/mol. The smallest absolute Gasteiger partial charge is 0.280 e. The van der Waals surface area contributed by atoms with Gasteiger partial charge in [0.15, 0.2) is 11.5 Å². The fourth-order valence-electron chi connectivity index (χ4n) is 3.25. The van der Waals surface area contributed by atoms with Gasteiger partial charge >= 0.3 is 0 Å². The molecule has 8 nitrogen and oxygen atoms in total. The van der Waals surface area contributed by atoms with E-state index < -0.39 is 5.91 Å². The van der Waals surface area contributed by atoms with Crippen molar-refractivity contribution in [1.82, 2.24) is 9.66 Å². The van der Waals surface area contributed by atoms with Crippen LogP contribution in [0.25, 0.3) is 10.9 Å². The summed E-state index contributed by atoms with van der Waals surface area (Å²) in [5.41, 5.74) is 3.15. The zero-order valence-corrected chi connectivity index (χ0v) is 16.4. The molecule has 2 aromatic carbocycles. The van der Waals surface area contributed by atoms with Crippen molar-refractivity contribution in [2.75, 3.05) is 26.8 Å². The number of nitrogens with one attached hydrogen (secondary N) is 1. The lowest BCUT2D eigenvalue weighted by atomic mass is 10.2. The molecule has 1 saturated carbocycles. The van der Waals surface area contributed by atoms with Crippen molar-refractivity contribution in [2.24, 2.45) is 0 Å². The Bertz CT molecular complexity index is 1150. The number of amides is 1. The lowest BCUT2D eigenvalue weighted by Gasteiger charge is -2.16. The molecule has 1 heterocycles. The summed E-state index contributed by atoms with van der Waals surface area (Å²) in [4.78, 5) is 30.8. The molecular weight excluding hydrogens is 374 g/mol. The predicted octanol–water partition coefficient (Wildman–Crippen LogP) is 2.68. The number of hydrogen-bond acceptors (Lipinski definition) is 6. The summed E-state index contributed by atoms with van der Waals surface area (Å²) >= 11 is 0. The van der Waals surface area contributed by atoms with Crippen LogP contribution in [0.15, 0.2) is 41.2 Å². The van der Waals surface area contributed by atoms with Gasteiger partial charge in [-0.15, -0.1) is 0 Å². The molecule has 0 atom stereocenters. The molecule has 1 aromatic heterocycles. The summed E-state index contributed by atoms with van der Waals surface area (Å²) in [5, 5.41) is 0.326. The number of rotatable bonds is 6. The van der Waals surface area contributed by atoms with Gasteiger partial charge in [-0.3, -0.25) is 15.0 Å². The van der Waals surface area contributed by atoms with Gasteiger partial charge in [-0.05, 0) is 31.0 Å². The second kappa shape index (κ2) is 7.46. The van der Waals surface area contributed by atoms with Crippen molar-refractivity contribution < 1.29 is 19.0 Å². The highest BCUT2D eigenvalue weighted by Crippen LogP contribution is 2.39. The molecule has 3 aromatic rings. The van der Waals surface area contributed by atoms with Gasteiger partial charge in [-0.25, -0.2) is 9.66 Å². The van der Waals surface area contributed by atoms with E-state index in [1.807, 2.05) is 0 Å². The van der Waals surface area contributed by atoms with E-state index >= 15 is 0 Å². The quantitative estimate of drug-likeness (QED) is 0.690. The summed E-state index contributed by atoms with van der Waals surface area (Å²) in [7, 11) is 4.52. The normalized spacial score (nSPS) is 13.2. The maximum absolute atomic E-state index is 13.3. The molecule has 0 unspecified atom stereocenters. The average Bonchev–Trinajstić information content (AvgIpc) is 3.59. The van der Waals surface area contributed by atoms with Crippen molar-refractivity contribution in [2.45, 2.75) is 18.8 Å². The van der Waals surface area contributed by atoms with Gasteiger partial charge < -0.3 is 14.2 Å². The first-order chi connectivity index (χ1) is 14.1. The van der Waals surface area contributed by atoms with E-state index in [1.54, 1.807) is 36.4 Å². The Morgan fingerprint density at radius 2 is 1.69 bits per heavy atom. The van der Waals surface area contributed by atoms with Crippen molar-refractivity contribution >= 4 is 16.8 Å². The minimum absolute atomic E-state index is 0.123. The molecule has 0 spiro atoms.